The van der Waals surface area contributed by atoms with Crippen molar-refractivity contribution in [2.75, 3.05) is 13.1 Å². The number of amides is 1. The predicted octanol–water partition coefficient (Wildman–Crippen LogP) is 1.11. The van der Waals surface area contributed by atoms with Gasteiger partial charge in [-0.3, -0.25) is 9.48 Å². The molecule has 1 aliphatic heterocycles. The van der Waals surface area contributed by atoms with E-state index in [-0.39, 0.29) is 11.9 Å². The molecule has 0 bridgehead atoms. The molecule has 2 unspecified atom stereocenters. The maximum Gasteiger partial charge on any atom is 0.274 e. The molecule has 5 heteroatoms. The van der Waals surface area contributed by atoms with Gasteiger partial charge in [-0.15, -0.1) is 0 Å². The SMILES string of the molecule is CC1CC(CN)CN1C(=O)c1cc(C2CC2)n(C)n1. The molecule has 2 atom stereocenters. The average molecular weight is 262 g/mol. The van der Waals surface area contributed by atoms with Crippen molar-refractivity contribution in [1.82, 2.24) is 14.7 Å². The molecule has 104 valence electrons. The van der Waals surface area contributed by atoms with E-state index in [0.29, 0.717) is 24.1 Å². The quantitative estimate of drug-likeness (QED) is 0.887. The van der Waals surface area contributed by atoms with Gasteiger partial charge in [-0.05, 0) is 44.7 Å². The zero-order valence-corrected chi connectivity index (χ0v) is 11.7. The first-order valence-electron chi connectivity index (χ1n) is 7.15. The minimum Gasteiger partial charge on any atom is -0.334 e. The normalized spacial score (nSPS) is 27.0. The molecule has 1 aromatic rings. The summed E-state index contributed by atoms with van der Waals surface area (Å²) in [6.45, 7) is 3.52. The standard InChI is InChI=1S/C14H22N4O/c1-9-5-10(7-15)8-18(9)14(19)12-6-13(11-3-4-11)17(2)16-12/h6,9-11H,3-5,7-8,15H2,1-2H3. The van der Waals surface area contributed by atoms with Gasteiger partial charge in [0.25, 0.3) is 5.91 Å². The minimum atomic E-state index is 0.0611. The van der Waals surface area contributed by atoms with Crippen LogP contribution in [0.25, 0.3) is 0 Å². The first kappa shape index (κ1) is 12.7. The van der Waals surface area contributed by atoms with Crippen LogP contribution in [0, 0.1) is 5.92 Å². The number of nitrogens with zero attached hydrogens (tertiary/aromatic N) is 3. The molecule has 0 aromatic carbocycles. The lowest BCUT2D eigenvalue weighted by atomic mass is 10.1. The van der Waals surface area contributed by atoms with Gasteiger partial charge >= 0.3 is 0 Å². The van der Waals surface area contributed by atoms with Crippen LogP contribution in [0.5, 0.6) is 0 Å². The highest BCUT2D eigenvalue weighted by Crippen LogP contribution is 2.40. The van der Waals surface area contributed by atoms with E-state index in [1.807, 2.05) is 22.7 Å². The van der Waals surface area contributed by atoms with Gasteiger partial charge in [0, 0.05) is 31.2 Å². The molecule has 1 aromatic heterocycles. The second-order valence-electron chi connectivity index (χ2n) is 6.00. The summed E-state index contributed by atoms with van der Waals surface area (Å²) in [6, 6.07) is 2.25. The lowest BCUT2D eigenvalue weighted by Crippen LogP contribution is -2.34. The minimum absolute atomic E-state index is 0.0611. The third-order valence-corrected chi connectivity index (χ3v) is 4.39. The zero-order chi connectivity index (χ0) is 13.6. The van der Waals surface area contributed by atoms with E-state index in [1.165, 1.54) is 18.5 Å². The van der Waals surface area contributed by atoms with Crippen molar-refractivity contribution >= 4 is 5.91 Å². The molecular formula is C14H22N4O. The Morgan fingerprint density at radius 1 is 1.53 bits per heavy atom. The number of hydrogen-bond donors (Lipinski definition) is 1. The predicted molar refractivity (Wildman–Crippen MR) is 72.8 cm³/mol. The Hall–Kier alpha value is -1.36. The molecule has 5 nitrogen and oxygen atoms in total. The number of carbonyl (C=O) groups is 1. The van der Waals surface area contributed by atoms with Crippen LogP contribution in [-0.4, -0.2) is 39.7 Å². The van der Waals surface area contributed by atoms with Crippen LogP contribution in [0.4, 0.5) is 0 Å². The second kappa shape index (κ2) is 4.63. The molecule has 19 heavy (non-hydrogen) atoms. The van der Waals surface area contributed by atoms with Gasteiger partial charge < -0.3 is 10.6 Å². The highest BCUT2D eigenvalue weighted by Gasteiger charge is 2.34. The van der Waals surface area contributed by atoms with Crippen LogP contribution in [0.15, 0.2) is 6.07 Å². The Labute approximate surface area is 113 Å². The van der Waals surface area contributed by atoms with Crippen molar-refractivity contribution < 1.29 is 4.79 Å². The van der Waals surface area contributed by atoms with Gasteiger partial charge in [-0.25, -0.2) is 0 Å². The Bertz CT molecular complexity index is 492. The molecular weight excluding hydrogens is 240 g/mol. The molecule has 2 N–H and O–H groups in total. The van der Waals surface area contributed by atoms with Crippen molar-refractivity contribution in [3.05, 3.63) is 17.5 Å². The Kier molecular flexibility index (Phi) is 3.09. The van der Waals surface area contributed by atoms with Gasteiger partial charge in [0.2, 0.25) is 0 Å². The highest BCUT2D eigenvalue weighted by atomic mass is 16.2. The lowest BCUT2D eigenvalue weighted by Gasteiger charge is -2.20. The van der Waals surface area contributed by atoms with E-state index in [4.69, 9.17) is 5.73 Å². The van der Waals surface area contributed by atoms with E-state index >= 15 is 0 Å². The average Bonchev–Trinajstić information content (AvgIpc) is 3.06. The van der Waals surface area contributed by atoms with E-state index in [0.717, 1.165) is 13.0 Å². The first-order chi connectivity index (χ1) is 9.10. The third kappa shape index (κ3) is 2.27. The summed E-state index contributed by atoms with van der Waals surface area (Å²) in [5, 5.41) is 4.40. The molecule has 2 fully saturated rings. The fourth-order valence-corrected chi connectivity index (χ4v) is 3.09. The van der Waals surface area contributed by atoms with Crippen molar-refractivity contribution in [2.24, 2.45) is 18.7 Å². The summed E-state index contributed by atoms with van der Waals surface area (Å²) in [7, 11) is 1.93. The monoisotopic (exact) mass is 262 g/mol. The van der Waals surface area contributed by atoms with Gasteiger partial charge in [-0.1, -0.05) is 0 Å². The summed E-state index contributed by atoms with van der Waals surface area (Å²) in [5.41, 5.74) is 7.51. The maximum absolute atomic E-state index is 12.5. The van der Waals surface area contributed by atoms with E-state index in [1.54, 1.807) is 0 Å². The third-order valence-electron chi connectivity index (χ3n) is 4.39. The number of likely N-dealkylation sites (tertiary alicyclic amines) is 1. The summed E-state index contributed by atoms with van der Waals surface area (Å²) in [6.07, 6.45) is 3.45. The molecule has 1 amide bonds. The summed E-state index contributed by atoms with van der Waals surface area (Å²) < 4.78 is 1.87. The number of aromatic nitrogens is 2. The molecule has 2 heterocycles. The van der Waals surface area contributed by atoms with Crippen LogP contribution in [0.3, 0.4) is 0 Å². The van der Waals surface area contributed by atoms with Gasteiger partial charge in [0.1, 0.15) is 0 Å². The number of hydrogen-bond acceptors (Lipinski definition) is 3. The van der Waals surface area contributed by atoms with E-state index < -0.39 is 0 Å². The Balaban J connectivity index is 1.78. The fourth-order valence-electron chi connectivity index (χ4n) is 3.09. The van der Waals surface area contributed by atoms with Crippen molar-refractivity contribution in [2.45, 2.75) is 38.1 Å². The lowest BCUT2D eigenvalue weighted by molar-refractivity contribution is 0.0736. The Morgan fingerprint density at radius 2 is 2.26 bits per heavy atom. The molecule has 1 aliphatic carbocycles. The molecule has 1 saturated heterocycles. The maximum atomic E-state index is 12.5. The summed E-state index contributed by atoms with van der Waals surface area (Å²) in [5.74, 6) is 1.11. The van der Waals surface area contributed by atoms with Gasteiger partial charge in [0.05, 0.1) is 0 Å². The Morgan fingerprint density at radius 3 is 2.84 bits per heavy atom. The van der Waals surface area contributed by atoms with E-state index in [2.05, 4.69) is 12.0 Å². The van der Waals surface area contributed by atoms with Gasteiger partial charge in [-0.2, -0.15) is 5.10 Å². The highest BCUT2D eigenvalue weighted by molar-refractivity contribution is 5.92. The van der Waals surface area contributed by atoms with Gasteiger partial charge in [0.15, 0.2) is 5.69 Å². The molecule has 2 aliphatic rings. The molecule has 3 rings (SSSR count). The first-order valence-corrected chi connectivity index (χ1v) is 7.15. The summed E-state index contributed by atoms with van der Waals surface area (Å²) >= 11 is 0. The van der Waals surface area contributed by atoms with Crippen LogP contribution >= 0.6 is 0 Å². The number of carbonyl (C=O) groups excluding carboxylic acids is 1. The second-order valence-corrected chi connectivity index (χ2v) is 6.00. The van der Waals surface area contributed by atoms with Crippen LogP contribution in [0.2, 0.25) is 0 Å². The smallest absolute Gasteiger partial charge is 0.274 e. The fraction of sp³-hybridized carbons (Fsp3) is 0.714. The zero-order valence-electron chi connectivity index (χ0n) is 11.7. The summed E-state index contributed by atoms with van der Waals surface area (Å²) in [4.78, 5) is 14.5. The number of nitrogens with two attached hydrogens (primary N) is 1. The number of aryl methyl sites for hydroxylation is 1. The van der Waals surface area contributed by atoms with Crippen molar-refractivity contribution in [3.63, 3.8) is 0 Å². The topological polar surface area (TPSA) is 64.2 Å². The van der Waals surface area contributed by atoms with Crippen molar-refractivity contribution in [3.8, 4) is 0 Å². The largest absolute Gasteiger partial charge is 0.334 e. The molecule has 1 saturated carbocycles. The number of rotatable bonds is 3. The van der Waals surface area contributed by atoms with Crippen LogP contribution < -0.4 is 5.73 Å². The molecule has 0 radical (unpaired) electrons. The van der Waals surface area contributed by atoms with Crippen molar-refractivity contribution in [1.29, 1.82) is 0 Å². The molecule has 0 spiro atoms. The van der Waals surface area contributed by atoms with Crippen LogP contribution in [-0.2, 0) is 7.05 Å². The van der Waals surface area contributed by atoms with E-state index in [9.17, 15) is 4.79 Å². The van der Waals surface area contributed by atoms with Crippen LogP contribution in [0.1, 0.15) is 48.3 Å².